The van der Waals surface area contributed by atoms with Crippen molar-refractivity contribution in [3.05, 3.63) is 29.8 Å². The van der Waals surface area contributed by atoms with Crippen LogP contribution in [0.2, 0.25) is 0 Å². The smallest absolute Gasteiger partial charge is 0.336 e. The summed E-state index contributed by atoms with van der Waals surface area (Å²) in [6, 6.07) is 6.51. The number of hydrogen-bond donors (Lipinski definition) is 0. The van der Waals surface area contributed by atoms with E-state index in [1.54, 1.807) is 39.0 Å². The van der Waals surface area contributed by atoms with Gasteiger partial charge in [-0.1, -0.05) is 12.1 Å². The summed E-state index contributed by atoms with van der Waals surface area (Å²) in [6.45, 7) is 10.8. The van der Waals surface area contributed by atoms with Crippen molar-refractivity contribution >= 4 is 5.97 Å². The Morgan fingerprint density at radius 1 is 0.905 bits per heavy atom. The first-order chi connectivity index (χ1) is 9.58. The lowest BCUT2D eigenvalue weighted by atomic mass is 10.2. The van der Waals surface area contributed by atoms with Crippen molar-refractivity contribution in [1.29, 1.82) is 0 Å². The van der Waals surface area contributed by atoms with Gasteiger partial charge in [0.25, 0.3) is 0 Å². The van der Waals surface area contributed by atoms with E-state index >= 15 is 0 Å². The fourth-order valence-corrected chi connectivity index (χ4v) is 1.07. The summed E-state index contributed by atoms with van der Waals surface area (Å²) in [4.78, 5) is 31.7. The molecule has 0 atom stereocenters. The van der Waals surface area contributed by atoms with Gasteiger partial charge in [0.1, 0.15) is 11.2 Å². The summed E-state index contributed by atoms with van der Waals surface area (Å²) in [5.74, 6) is -0.510. The second kappa shape index (κ2) is 6.89. The Morgan fingerprint density at radius 2 is 1.48 bits per heavy atom. The number of rotatable bonds is 5. The highest BCUT2D eigenvalue weighted by Gasteiger charge is 2.20. The fourth-order valence-electron chi connectivity index (χ4n) is 1.07. The molecule has 1 aromatic carbocycles. The van der Waals surface area contributed by atoms with Crippen molar-refractivity contribution in [2.75, 3.05) is 0 Å². The molecule has 0 saturated carbocycles. The molecule has 0 heterocycles. The fraction of sp³-hybridized carbons (Fsp3) is 0.533. The molecule has 0 aliphatic carbocycles. The topological polar surface area (TPSA) is 63.2 Å². The third-order valence-electron chi connectivity index (χ3n) is 1.88. The summed E-state index contributed by atoms with van der Waals surface area (Å²) >= 11 is 0. The van der Waals surface area contributed by atoms with Crippen molar-refractivity contribution in [1.82, 2.24) is 0 Å². The highest BCUT2D eigenvalue weighted by molar-refractivity contribution is 5.92. The van der Waals surface area contributed by atoms with Gasteiger partial charge in [0.2, 0.25) is 0 Å². The first kappa shape index (κ1) is 17.4. The minimum atomic E-state index is -0.743. The predicted octanol–water partition coefficient (Wildman–Crippen LogP) is 3.61. The molecule has 6 heteroatoms. The Morgan fingerprint density at radius 3 is 2.05 bits per heavy atom. The van der Waals surface area contributed by atoms with Gasteiger partial charge in [-0.2, -0.15) is 9.78 Å². The molecule has 0 aliphatic heterocycles. The Hall–Kier alpha value is -1.63. The maximum Gasteiger partial charge on any atom is 0.380 e. The molecule has 1 rings (SSSR count). The Bertz CT molecular complexity index is 470. The van der Waals surface area contributed by atoms with Gasteiger partial charge >= 0.3 is 5.97 Å². The molecule has 0 unspecified atom stereocenters. The van der Waals surface area contributed by atoms with Gasteiger partial charge in [-0.25, -0.2) is 4.79 Å². The van der Waals surface area contributed by atoms with Crippen molar-refractivity contribution in [3.63, 3.8) is 0 Å². The van der Waals surface area contributed by atoms with E-state index in [4.69, 9.17) is 14.7 Å². The maximum absolute atomic E-state index is 11.9. The zero-order chi connectivity index (χ0) is 16.1. The summed E-state index contributed by atoms with van der Waals surface area (Å²) in [5.41, 5.74) is -0.937. The molecule has 1 aromatic rings. The third-order valence-corrected chi connectivity index (χ3v) is 1.88. The van der Waals surface area contributed by atoms with Crippen molar-refractivity contribution in [2.24, 2.45) is 0 Å². The van der Waals surface area contributed by atoms with Gasteiger partial charge in [-0.15, -0.1) is 0 Å². The molecule has 0 aromatic heterocycles. The Kier molecular flexibility index (Phi) is 5.71. The molecule has 0 bridgehead atoms. The van der Waals surface area contributed by atoms with Gasteiger partial charge in [-0.05, 0) is 58.7 Å². The van der Waals surface area contributed by atoms with Crippen LogP contribution in [0.3, 0.4) is 0 Å². The molecular formula is C15H22O6. The van der Waals surface area contributed by atoms with Crippen LogP contribution in [0.4, 0.5) is 0 Å². The molecule has 0 spiro atoms. The first-order valence-corrected chi connectivity index (χ1v) is 6.60. The number of carbonyl (C=O) groups excluding carboxylic acids is 1. The lowest BCUT2D eigenvalue weighted by Crippen LogP contribution is -2.23. The average Bonchev–Trinajstić information content (AvgIpc) is 2.34. The Labute approximate surface area is 124 Å². The summed E-state index contributed by atoms with van der Waals surface area (Å²) < 4.78 is 0. The zero-order valence-electron chi connectivity index (χ0n) is 13.3. The largest absolute Gasteiger partial charge is 0.380 e. The van der Waals surface area contributed by atoms with Gasteiger partial charge in [0, 0.05) is 0 Å². The van der Waals surface area contributed by atoms with E-state index < -0.39 is 17.2 Å². The second-order valence-corrected chi connectivity index (χ2v) is 6.41. The summed E-state index contributed by atoms with van der Waals surface area (Å²) in [5, 5.41) is 4.47. The number of carbonyl (C=O) groups is 1. The number of para-hydroxylation sites is 1. The highest BCUT2D eigenvalue weighted by Crippen LogP contribution is 2.22. The third kappa shape index (κ3) is 7.08. The lowest BCUT2D eigenvalue weighted by molar-refractivity contribution is -0.510. The monoisotopic (exact) mass is 298 g/mol. The first-order valence-electron chi connectivity index (χ1n) is 6.60. The normalized spacial score (nSPS) is 12.1. The van der Waals surface area contributed by atoms with Crippen LogP contribution >= 0.6 is 0 Å². The second-order valence-electron chi connectivity index (χ2n) is 6.41. The van der Waals surface area contributed by atoms with E-state index in [9.17, 15) is 4.79 Å². The standard InChI is InChI=1S/C15H22O6/c1-14(2,3)19-17-12-10-8-7-9-11(12)13(16)18-21-20-15(4,5)6/h7-10H,1-6H3. The predicted molar refractivity (Wildman–Crippen MR) is 75.2 cm³/mol. The van der Waals surface area contributed by atoms with Gasteiger partial charge < -0.3 is 4.89 Å². The molecule has 0 amide bonds. The van der Waals surface area contributed by atoms with E-state index in [1.165, 1.54) is 6.07 Å². The zero-order valence-corrected chi connectivity index (χ0v) is 13.3. The van der Waals surface area contributed by atoms with Crippen LogP contribution in [-0.2, 0) is 19.7 Å². The number of benzene rings is 1. The van der Waals surface area contributed by atoms with E-state index in [0.717, 1.165) is 0 Å². The van der Waals surface area contributed by atoms with Gasteiger partial charge in [0.15, 0.2) is 5.75 Å². The van der Waals surface area contributed by atoms with Crippen LogP contribution in [0.5, 0.6) is 5.75 Å². The molecule has 6 nitrogen and oxygen atoms in total. The van der Waals surface area contributed by atoms with E-state index in [2.05, 4.69) is 9.93 Å². The molecule has 21 heavy (non-hydrogen) atoms. The molecule has 0 aliphatic rings. The van der Waals surface area contributed by atoms with Crippen LogP contribution < -0.4 is 4.89 Å². The van der Waals surface area contributed by atoms with E-state index in [-0.39, 0.29) is 11.3 Å². The quantitative estimate of drug-likeness (QED) is 0.611. The Balaban J connectivity index is 2.67. The minimum Gasteiger partial charge on any atom is -0.336 e. The van der Waals surface area contributed by atoms with Crippen molar-refractivity contribution < 1.29 is 29.4 Å². The number of hydrogen-bond acceptors (Lipinski definition) is 6. The molecule has 0 saturated heterocycles. The molecule has 0 N–H and O–H groups in total. The SMILES string of the molecule is CC(C)(C)OOOC(=O)c1ccccc1OOC(C)(C)C. The van der Waals surface area contributed by atoms with E-state index in [1.807, 2.05) is 20.8 Å². The molecule has 118 valence electrons. The van der Waals surface area contributed by atoms with Crippen molar-refractivity contribution in [3.8, 4) is 5.75 Å². The summed E-state index contributed by atoms with van der Waals surface area (Å²) in [6.07, 6.45) is 0. The molecule has 0 radical (unpaired) electrons. The van der Waals surface area contributed by atoms with Crippen molar-refractivity contribution in [2.45, 2.75) is 52.7 Å². The molecular weight excluding hydrogens is 276 g/mol. The van der Waals surface area contributed by atoms with Gasteiger partial charge in [-0.3, -0.25) is 4.89 Å². The highest BCUT2D eigenvalue weighted by atomic mass is 17.5. The maximum atomic E-state index is 11.9. The molecule has 0 fully saturated rings. The minimum absolute atomic E-state index is 0.166. The average molecular weight is 298 g/mol. The van der Waals surface area contributed by atoms with E-state index in [0.29, 0.717) is 0 Å². The van der Waals surface area contributed by atoms with Crippen LogP contribution in [0.25, 0.3) is 0 Å². The summed E-state index contributed by atoms with van der Waals surface area (Å²) in [7, 11) is 0. The van der Waals surface area contributed by atoms with Crippen LogP contribution in [0.1, 0.15) is 51.9 Å². The van der Waals surface area contributed by atoms with Crippen LogP contribution in [-0.4, -0.2) is 17.2 Å². The van der Waals surface area contributed by atoms with Gasteiger partial charge in [0.05, 0.1) is 5.60 Å². The van der Waals surface area contributed by atoms with Crippen LogP contribution in [0.15, 0.2) is 24.3 Å². The lowest BCUT2D eigenvalue weighted by Gasteiger charge is -2.19. The van der Waals surface area contributed by atoms with Crippen LogP contribution in [0, 0.1) is 0 Å².